The first kappa shape index (κ1) is 16.7. The molecule has 0 aromatic heterocycles. The molecular formula is C19H20FNO2. The highest BCUT2D eigenvalue weighted by atomic mass is 19.1. The van der Waals surface area contributed by atoms with E-state index in [1.54, 1.807) is 31.4 Å². The summed E-state index contributed by atoms with van der Waals surface area (Å²) in [6.45, 7) is 2.27. The Morgan fingerprint density at radius 2 is 1.87 bits per heavy atom. The van der Waals surface area contributed by atoms with Crippen LogP contribution in [0.25, 0.3) is 5.57 Å². The van der Waals surface area contributed by atoms with Gasteiger partial charge in [0.1, 0.15) is 11.6 Å². The van der Waals surface area contributed by atoms with Crippen molar-refractivity contribution >= 4 is 11.5 Å². The molecule has 0 radical (unpaired) electrons. The van der Waals surface area contributed by atoms with Gasteiger partial charge in [0.2, 0.25) is 5.91 Å². The lowest BCUT2D eigenvalue weighted by atomic mass is 10.1. The van der Waals surface area contributed by atoms with E-state index in [1.807, 2.05) is 31.2 Å². The number of rotatable bonds is 6. The van der Waals surface area contributed by atoms with Crippen molar-refractivity contribution in [3.8, 4) is 5.75 Å². The van der Waals surface area contributed by atoms with Gasteiger partial charge in [-0.3, -0.25) is 4.79 Å². The molecule has 0 saturated heterocycles. The Kier molecular flexibility index (Phi) is 5.92. The van der Waals surface area contributed by atoms with Crippen molar-refractivity contribution in [3.63, 3.8) is 0 Å². The van der Waals surface area contributed by atoms with E-state index in [0.717, 1.165) is 16.9 Å². The van der Waals surface area contributed by atoms with Crippen molar-refractivity contribution in [1.82, 2.24) is 5.32 Å². The molecule has 2 aromatic carbocycles. The fraction of sp³-hybridized carbons (Fsp3) is 0.211. The average molecular weight is 313 g/mol. The maximum absolute atomic E-state index is 13.5. The molecule has 3 nitrogen and oxygen atoms in total. The molecule has 0 heterocycles. The van der Waals surface area contributed by atoms with Crippen LogP contribution in [0.15, 0.2) is 54.6 Å². The van der Waals surface area contributed by atoms with Crippen molar-refractivity contribution in [2.45, 2.75) is 13.3 Å². The Morgan fingerprint density at radius 3 is 2.52 bits per heavy atom. The Bertz CT molecular complexity index is 693. The Balaban J connectivity index is 1.88. The van der Waals surface area contributed by atoms with E-state index in [4.69, 9.17) is 4.74 Å². The zero-order valence-electron chi connectivity index (χ0n) is 13.3. The van der Waals surface area contributed by atoms with Gasteiger partial charge in [-0.2, -0.15) is 0 Å². The van der Waals surface area contributed by atoms with Gasteiger partial charge in [0.15, 0.2) is 0 Å². The topological polar surface area (TPSA) is 38.3 Å². The minimum Gasteiger partial charge on any atom is -0.497 e. The van der Waals surface area contributed by atoms with Gasteiger partial charge in [-0.25, -0.2) is 4.39 Å². The zero-order chi connectivity index (χ0) is 16.7. The van der Waals surface area contributed by atoms with Crippen molar-refractivity contribution in [2.75, 3.05) is 13.7 Å². The molecule has 0 bridgehead atoms. The zero-order valence-corrected chi connectivity index (χ0v) is 13.3. The number of hydrogen-bond donors (Lipinski definition) is 1. The van der Waals surface area contributed by atoms with Crippen LogP contribution in [-0.4, -0.2) is 19.6 Å². The summed E-state index contributed by atoms with van der Waals surface area (Å²) in [7, 11) is 1.61. The molecular weight excluding hydrogens is 293 g/mol. The molecule has 0 aliphatic carbocycles. The third-order valence-corrected chi connectivity index (χ3v) is 3.54. The molecule has 4 heteroatoms. The summed E-state index contributed by atoms with van der Waals surface area (Å²) in [5.74, 6) is 0.345. The number of nitrogens with one attached hydrogen (secondary N) is 1. The number of ether oxygens (including phenoxy) is 1. The molecule has 0 aliphatic heterocycles. The van der Waals surface area contributed by atoms with Crippen LogP contribution in [0.4, 0.5) is 4.39 Å². The van der Waals surface area contributed by atoms with Crippen LogP contribution in [0.2, 0.25) is 0 Å². The van der Waals surface area contributed by atoms with Gasteiger partial charge in [0, 0.05) is 12.6 Å². The molecule has 1 N–H and O–H groups in total. The second-order valence-electron chi connectivity index (χ2n) is 5.19. The lowest BCUT2D eigenvalue weighted by Gasteiger charge is -2.06. The molecule has 2 aromatic rings. The first-order valence-electron chi connectivity index (χ1n) is 7.44. The van der Waals surface area contributed by atoms with E-state index in [0.29, 0.717) is 18.5 Å². The van der Waals surface area contributed by atoms with Crippen molar-refractivity contribution in [2.24, 2.45) is 0 Å². The SMILES string of the molecule is COc1ccc(/C(C)=C/C(=O)NCCc2ccccc2F)cc1. The molecule has 0 spiro atoms. The van der Waals surface area contributed by atoms with Crippen molar-refractivity contribution in [1.29, 1.82) is 0 Å². The highest BCUT2D eigenvalue weighted by Gasteiger charge is 2.03. The summed E-state index contributed by atoms with van der Waals surface area (Å²) in [6.07, 6.45) is 2.01. The monoisotopic (exact) mass is 313 g/mol. The number of amides is 1. The third-order valence-electron chi connectivity index (χ3n) is 3.54. The second kappa shape index (κ2) is 8.13. The number of carbonyl (C=O) groups excluding carboxylic acids is 1. The van der Waals surface area contributed by atoms with Crippen LogP contribution < -0.4 is 10.1 Å². The lowest BCUT2D eigenvalue weighted by molar-refractivity contribution is -0.116. The quantitative estimate of drug-likeness (QED) is 0.828. The molecule has 0 saturated carbocycles. The number of hydrogen-bond acceptors (Lipinski definition) is 2. The highest BCUT2D eigenvalue weighted by molar-refractivity contribution is 5.94. The minimum absolute atomic E-state index is 0.186. The molecule has 2 rings (SSSR count). The van der Waals surface area contributed by atoms with E-state index >= 15 is 0 Å². The number of allylic oxidation sites excluding steroid dienone is 1. The van der Waals surface area contributed by atoms with Crippen LogP contribution in [0, 0.1) is 5.82 Å². The smallest absolute Gasteiger partial charge is 0.244 e. The van der Waals surface area contributed by atoms with E-state index < -0.39 is 0 Å². The number of carbonyl (C=O) groups is 1. The van der Waals surface area contributed by atoms with Crippen LogP contribution in [0.1, 0.15) is 18.1 Å². The number of halogens is 1. The summed E-state index contributed by atoms with van der Waals surface area (Å²) in [5.41, 5.74) is 2.41. The normalized spacial score (nSPS) is 11.2. The van der Waals surface area contributed by atoms with Gasteiger partial charge in [0.25, 0.3) is 0 Å². The fourth-order valence-electron chi connectivity index (χ4n) is 2.21. The van der Waals surface area contributed by atoms with E-state index in [9.17, 15) is 9.18 Å². The average Bonchev–Trinajstić information content (AvgIpc) is 2.56. The van der Waals surface area contributed by atoms with Gasteiger partial charge in [-0.15, -0.1) is 0 Å². The fourth-order valence-corrected chi connectivity index (χ4v) is 2.21. The van der Waals surface area contributed by atoms with Crippen molar-refractivity contribution in [3.05, 3.63) is 71.6 Å². The molecule has 1 amide bonds. The van der Waals surface area contributed by atoms with Crippen molar-refractivity contribution < 1.29 is 13.9 Å². The molecule has 0 unspecified atom stereocenters. The van der Waals surface area contributed by atoms with Gasteiger partial charge < -0.3 is 10.1 Å². The first-order chi connectivity index (χ1) is 11.1. The van der Waals surface area contributed by atoms with Gasteiger partial charge in [-0.1, -0.05) is 30.3 Å². The predicted molar refractivity (Wildman–Crippen MR) is 89.8 cm³/mol. The standard InChI is InChI=1S/C19H20FNO2/c1-14(15-7-9-17(23-2)10-8-15)13-19(22)21-12-11-16-5-3-4-6-18(16)20/h3-10,13H,11-12H2,1-2H3,(H,21,22)/b14-13+. The first-order valence-corrected chi connectivity index (χ1v) is 7.44. The van der Waals surface area contributed by atoms with E-state index in [1.165, 1.54) is 6.07 Å². The molecule has 0 aliphatic rings. The van der Waals surface area contributed by atoms with Crippen LogP contribution >= 0.6 is 0 Å². The molecule has 120 valence electrons. The maximum Gasteiger partial charge on any atom is 0.244 e. The third kappa shape index (κ3) is 4.95. The summed E-state index contributed by atoms with van der Waals surface area (Å²) in [6, 6.07) is 14.1. The van der Waals surface area contributed by atoms with Crippen LogP contribution in [0.5, 0.6) is 5.75 Å². The molecule has 23 heavy (non-hydrogen) atoms. The molecule has 0 atom stereocenters. The Morgan fingerprint density at radius 1 is 1.17 bits per heavy atom. The van der Waals surface area contributed by atoms with E-state index in [2.05, 4.69) is 5.32 Å². The minimum atomic E-state index is -0.244. The van der Waals surface area contributed by atoms with Crippen LogP contribution in [0.3, 0.4) is 0 Å². The van der Waals surface area contributed by atoms with Gasteiger partial charge in [-0.05, 0) is 48.2 Å². The summed E-state index contributed by atoms with van der Waals surface area (Å²) < 4.78 is 18.6. The number of benzene rings is 2. The summed E-state index contributed by atoms with van der Waals surface area (Å²) in [4.78, 5) is 11.9. The lowest BCUT2D eigenvalue weighted by Crippen LogP contribution is -2.24. The van der Waals surface area contributed by atoms with Gasteiger partial charge >= 0.3 is 0 Å². The number of methoxy groups -OCH3 is 1. The molecule has 0 fully saturated rings. The van der Waals surface area contributed by atoms with E-state index in [-0.39, 0.29) is 11.7 Å². The summed E-state index contributed by atoms with van der Waals surface area (Å²) in [5, 5.41) is 2.77. The second-order valence-corrected chi connectivity index (χ2v) is 5.19. The Labute approximate surface area is 135 Å². The highest BCUT2D eigenvalue weighted by Crippen LogP contribution is 2.17. The largest absolute Gasteiger partial charge is 0.497 e. The maximum atomic E-state index is 13.5. The van der Waals surface area contributed by atoms with Crippen LogP contribution in [-0.2, 0) is 11.2 Å². The Hall–Kier alpha value is -2.62. The predicted octanol–water partition coefficient (Wildman–Crippen LogP) is 3.60. The summed E-state index contributed by atoms with van der Waals surface area (Å²) >= 11 is 0. The van der Waals surface area contributed by atoms with Gasteiger partial charge in [0.05, 0.1) is 7.11 Å².